The fraction of sp³-hybridized carbons (Fsp3) is 0.118. The van der Waals surface area contributed by atoms with Crippen molar-refractivity contribution in [3.63, 3.8) is 0 Å². The highest BCUT2D eigenvalue weighted by molar-refractivity contribution is 9.10. The molecule has 1 aromatic heterocycles. The van der Waals surface area contributed by atoms with Crippen molar-refractivity contribution in [1.29, 1.82) is 0 Å². The van der Waals surface area contributed by atoms with E-state index in [9.17, 15) is 4.79 Å². The summed E-state index contributed by atoms with van der Waals surface area (Å²) in [6, 6.07) is 14.5. The van der Waals surface area contributed by atoms with Gasteiger partial charge in [0, 0.05) is 20.6 Å². The van der Waals surface area contributed by atoms with Gasteiger partial charge in [-0.05, 0) is 43.3 Å². The molecule has 0 N–H and O–H groups in total. The maximum atomic E-state index is 12.4. The minimum atomic E-state index is -0.360. The van der Waals surface area contributed by atoms with Crippen LogP contribution in [0.3, 0.4) is 0 Å². The first-order valence-electron chi connectivity index (χ1n) is 7.09. The number of halogens is 2. The van der Waals surface area contributed by atoms with E-state index < -0.39 is 0 Å². The lowest BCUT2D eigenvalue weighted by atomic mass is 10.1. The highest BCUT2D eigenvalue weighted by Gasteiger charge is 2.20. The van der Waals surface area contributed by atoms with E-state index in [1.807, 2.05) is 24.3 Å². The molecule has 24 heavy (non-hydrogen) atoms. The van der Waals surface area contributed by atoms with Crippen molar-refractivity contribution in [3.05, 3.63) is 63.6 Å². The van der Waals surface area contributed by atoms with Crippen molar-refractivity contribution in [3.8, 4) is 11.5 Å². The minimum Gasteiger partial charge on any atom is -0.411 e. The van der Waals surface area contributed by atoms with Gasteiger partial charge in [0.2, 0.25) is 5.89 Å². The molecule has 4 nitrogen and oxygen atoms in total. The fourth-order valence-electron chi connectivity index (χ4n) is 2.05. The van der Waals surface area contributed by atoms with Crippen LogP contribution >= 0.6 is 39.3 Å². The number of hydrogen-bond donors (Lipinski definition) is 0. The monoisotopic (exact) mass is 422 g/mol. The first kappa shape index (κ1) is 17.2. The summed E-state index contributed by atoms with van der Waals surface area (Å²) in [4.78, 5) is 12.4. The Morgan fingerprint density at radius 1 is 1.21 bits per heavy atom. The molecule has 122 valence electrons. The van der Waals surface area contributed by atoms with Gasteiger partial charge < -0.3 is 4.42 Å². The molecule has 0 spiro atoms. The molecule has 1 heterocycles. The lowest BCUT2D eigenvalue weighted by Gasteiger charge is -2.07. The van der Waals surface area contributed by atoms with Crippen LogP contribution in [0.5, 0.6) is 0 Å². The smallest absolute Gasteiger partial charge is 0.277 e. The summed E-state index contributed by atoms with van der Waals surface area (Å²) in [5, 5.41) is 8.57. The summed E-state index contributed by atoms with van der Waals surface area (Å²) >= 11 is 10.5. The van der Waals surface area contributed by atoms with Gasteiger partial charge in [0.25, 0.3) is 5.22 Å². The number of thioether (sulfide) groups is 1. The molecule has 1 atom stereocenters. The summed E-state index contributed by atoms with van der Waals surface area (Å²) in [6.45, 7) is 1.80. The summed E-state index contributed by atoms with van der Waals surface area (Å²) in [7, 11) is 0. The highest BCUT2D eigenvalue weighted by Crippen LogP contribution is 2.28. The molecular formula is C17H12BrClN2O2S. The molecule has 0 aliphatic heterocycles. The van der Waals surface area contributed by atoms with Crippen molar-refractivity contribution in [1.82, 2.24) is 10.2 Å². The summed E-state index contributed by atoms with van der Waals surface area (Å²) in [5.74, 6) is 0.387. The molecule has 0 saturated carbocycles. The van der Waals surface area contributed by atoms with Crippen LogP contribution in [0.1, 0.15) is 17.3 Å². The lowest BCUT2D eigenvalue weighted by molar-refractivity contribution is 0.0993. The van der Waals surface area contributed by atoms with Crippen molar-refractivity contribution in [2.75, 3.05) is 0 Å². The summed E-state index contributed by atoms with van der Waals surface area (Å²) in [6.07, 6.45) is 0. The SMILES string of the molecule is CC(Sc1nnc(-c2ccc(Br)cc2)o1)C(=O)c1cccc(Cl)c1. The maximum absolute atomic E-state index is 12.4. The summed E-state index contributed by atoms with van der Waals surface area (Å²) < 4.78 is 6.61. The van der Waals surface area contributed by atoms with E-state index in [1.54, 1.807) is 31.2 Å². The highest BCUT2D eigenvalue weighted by atomic mass is 79.9. The van der Waals surface area contributed by atoms with Crippen LogP contribution in [0.15, 0.2) is 62.6 Å². The van der Waals surface area contributed by atoms with E-state index in [1.165, 1.54) is 11.8 Å². The largest absolute Gasteiger partial charge is 0.411 e. The Kier molecular flexibility index (Phi) is 5.38. The number of hydrogen-bond acceptors (Lipinski definition) is 5. The average molecular weight is 424 g/mol. The van der Waals surface area contributed by atoms with Gasteiger partial charge >= 0.3 is 0 Å². The van der Waals surface area contributed by atoms with Gasteiger partial charge in [0.15, 0.2) is 5.78 Å². The van der Waals surface area contributed by atoms with Crippen molar-refractivity contribution in [2.45, 2.75) is 17.4 Å². The molecule has 0 aliphatic rings. The molecule has 0 bridgehead atoms. The van der Waals surface area contributed by atoms with Gasteiger partial charge in [0.1, 0.15) is 0 Å². The fourth-order valence-corrected chi connectivity index (χ4v) is 3.26. The molecular weight excluding hydrogens is 412 g/mol. The Morgan fingerprint density at radius 2 is 1.96 bits per heavy atom. The number of Topliss-reactive ketones (excluding diaryl/α,β-unsaturated/α-hetero) is 1. The van der Waals surface area contributed by atoms with Gasteiger partial charge in [0.05, 0.1) is 5.25 Å². The Balaban J connectivity index is 1.72. The third kappa shape index (κ3) is 4.06. The molecule has 1 unspecified atom stereocenters. The molecule has 3 rings (SSSR count). The molecule has 7 heteroatoms. The number of rotatable bonds is 5. The van der Waals surface area contributed by atoms with Crippen molar-refractivity contribution >= 4 is 45.1 Å². The third-order valence-corrected chi connectivity index (χ3v) is 4.95. The zero-order valence-electron chi connectivity index (χ0n) is 12.6. The van der Waals surface area contributed by atoms with Crippen LogP contribution in [0.25, 0.3) is 11.5 Å². The van der Waals surface area contributed by atoms with E-state index in [0.29, 0.717) is 21.7 Å². The average Bonchev–Trinajstić information content (AvgIpc) is 3.03. The van der Waals surface area contributed by atoms with Crippen LogP contribution in [0.2, 0.25) is 5.02 Å². The van der Waals surface area contributed by atoms with Crippen LogP contribution in [0.4, 0.5) is 0 Å². The number of carbonyl (C=O) groups excluding carboxylic acids is 1. The number of carbonyl (C=O) groups is 1. The first-order chi connectivity index (χ1) is 11.5. The second-order valence-corrected chi connectivity index (χ2v) is 7.66. The molecule has 0 radical (unpaired) electrons. The van der Waals surface area contributed by atoms with E-state index >= 15 is 0 Å². The zero-order chi connectivity index (χ0) is 17.1. The van der Waals surface area contributed by atoms with E-state index in [2.05, 4.69) is 26.1 Å². The van der Waals surface area contributed by atoms with Crippen LogP contribution in [-0.4, -0.2) is 21.2 Å². The van der Waals surface area contributed by atoms with E-state index in [4.69, 9.17) is 16.0 Å². The Morgan fingerprint density at radius 3 is 2.67 bits per heavy atom. The van der Waals surface area contributed by atoms with Crippen LogP contribution in [0, 0.1) is 0 Å². The summed E-state index contributed by atoms with van der Waals surface area (Å²) in [5.41, 5.74) is 1.39. The predicted molar refractivity (Wildman–Crippen MR) is 98.5 cm³/mol. The second kappa shape index (κ2) is 7.51. The second-order valence-electron chi connectivity index (χ2n) is 5.01. The molecule has 0 aliphatic carbocycles. The topological polar surface area (TPSA) is 56.0 Å². The van der Waals surface area contributed by atoms with Crippen molar-refractivity contribution in [2.24, 2.45) is 0 Å². The maximum Gasteiger partial charge on any atom is 0.277 e. The Hall–Kier alpha value is -1.63. The minimum absolute atomic E-state index is 0.0362. The van der Waals surface area contributed by atoms with Gasteiger partial charge in [-0.15, -0.1) is 10.2 Å². The van der Waals surface area contributed by atoms with Gasteiger partial charge in [-0.25, -0.2) is 0 Å². The lowest BCUT2D eigenvalue weighted by Crippen LogP contribution is -2.13. The van der Waals surface area contributed by atoms with Gasteiger partial charge in [-0.1, -0.05) is 51.4 Å². The molecule has 2 aromatic carbocycles. The van der Waals surface area contributed by atoms with Crippen LogP contribution < -0.4 is 0 Å². The third-order valence-electron chi connectivity index (χ3n) is 3.25. The standard InChI is InChI=1S/C17H12BrClN2O2S/c1-10(15(22)12-3-2-4-14(19)9-12)24-17-21-20-16(23-17)11-5-7-13(18)8-6-11/h2-10H,1H3. The van der Waals surface area contributed by atoms with E-state index in [0.717, 1.165) is 10.0 Å². The molecule has 0 saturated heterocycles. The number of benzene rings is 2. The Labute approximate surface area is 156 Å². The molecule has 0 amide bonds. The van der Waals surface area contributed by atoms with Gasteiger partial charge in [-0.3, -0.25) is 4.79 Å². The Bertz CT molecular complexity index is 867. The predicted octanol–water partition coefficient (Wildman–Crippen LogP) is 5.52. The van der Waals surface area contributed by atoms with Crippen LogP contribution in [-0.2, 0) is 0 Å². The van der Waals surface area contributed by atoms with Crippen molar-refractivity contribution < 1.29 is 9.21 Å². The zero-order valence-corrected chi connectivity index (χ0v) is 15.7. The number of nitrogens with zero attached hydrogens (tertiary/aromatic N) is 2. The number of aromatic nitrogens is 2. The van der Waals surface area contributed by atoms with Gasteiger partial charge in [-0.2, -0.15) is 0 Å². The van der Waals surface area contributed by atoms with E-state index in [-0.39, 0.29) is 11.0 Å². The quantitative estimate of drug-likeness (QED) is 0.400. The normalized spacial score (nSPS) is 12.1. The first-order valence-corrected chi connectivity index (χ1v) is 9.14. The molecule has 0 fully saturated rings. The molecule has 3 aromatic rings. The number of ketones is 1.